The molecule has 1 aliphatic rings. The third-order valence-corrected chi connectivity index (χ3v) is 6.47. The summed E-state index contributed by atoms with van der Waals surface area (Å²) >= 11 is 1.65. The second-order valence-corrected chi connectivity index (χ2v) is 8.93. The number of amides is 1. The van der Waals surface area contributed by atoms with Crippen molar-refractivity contribution in [3.8, 4) is 10.8 Å². The Morgan fingerprint density at radius 1 is 1.17 bits per heavy atom. The monoisotopic (exact) mass is 413 g/mol. The van der Waals surface area contributed by atoms with Crippen LogP contribution in [0.3, 0.4) is 0 Å². The topological polar surface area (TPSA) is 68.0 Å². The predicted molar refractivity (Wildman–Crippen MR) is 110 cm³/mol. The molecule has 7 heteroatoms. The van der Waals surface area contributed by atoms with Gasteiger partial charge in [-0.1, -0.05) is 18.2 Å². The fourth-order valence-corrected chi connectivity index (χ4v) is 4.59. The fourth-order valence-electron chi connectivity index (χ4n) is 3.80. The number of nitrogens with one attached hydrogen (secondary N) is 1. The lowest BCUT2D eigenvalue weighted by Crippen LogP contribution is -2.32. The van der Waals surface area contributed by atoms with Crippen molar-refractivity contribution in [2.24, 2.45) is 5.92 Å². The van der Waals surface area contributed by atoms with Crippen molar-refractivity contribution in [1.29, 1.82) is 0 Å². The Hall–Kier alpha value is -2.54. The van der Waals surface area contributed by atoms with E-state index in [4.69, 9.17) is 4.42 Å². The summed E-state index contributed by atoms with van der Waals surface area (Å²) in [6.45, 7) is 2.69. The SMILES string of the molecule is Cc1ccc(-c2nnc(C3CCC(CNC(=O)Cc4ccccc4F)CC3)o2)s1. The highest BCUT2D eigenvalue weighted by Crippen LogP contribution is 2.36. The van der Waals surface area contributed by atoms with Crippen LogP contribution in [0, 0.1) is 18.7 Å². The summed E-state index contributed by atoms with van der Waals surface area (Å²) in [5, 5.41) is 11.4. The van der Waals surface area contributed by atoms with Crippen LogP contribution in [0.1, 0.15) is 47.9 Å². The summed E-state index contributed by atoms with van der Waals surface area (Å²) in [5.41, 5.74) is 0.432. The number of hydrogen-bond acceptors (Lipinski definition) is 5. The first-order valence-corrected chi connectivity index (χ1v) is 10.8. The molecule has 0 bridgehead atoms. The summed E-state index contributed by atoms with van der Waals surface area (Å²) in [4.78, 5) is 14.3. The van der Waals surface area contributed by atoms with Gasteiger partial charge in [0, 0.05) is 17.3 Å². The molecule has 1 saturated carbocycles. The summed E-state index contributed by atoms with van der Waals surface area (Å²) in [7, 11) is 0. The van der Waals surface area contributed by atoms with Crippen LogP contribution in [0.25, 0.3) is 10.8 Å². The third-order valence-electron chi connectivity index (χ3n) is 5.48. The van der Waals surface area contributed by atoms with Gasteiger partial charge in [-0.05, 0) is 62.3 Å². The molecule has 1 fully saturated rings. The van der Waals surface area contributed by atoms with Crippen LogP contribution in [0.2, 0.25) is 0 Å². The summed E-state index contributed by atoms with van der Waals surface area (Å²) in [6.07, 6.45) is 4.02. The zero-order valence-electron chi connectivity index (χ0n) is 16.4. The number of aromatic nitrogens is 2. The quantitative estimate of drug-likeness (QED) is 0.625. The Morgan fingerprint density at radius 3 is 2.69 bits per heavy atom. The normalized spacial score (nSPS) is 19.2. The summed E-state index contributed by atoms with van der Waals surface area (Å²) < 4.78 is 19.6. The van der Waals surface area contributed by atoms with E-state index in [1.807, 2.05) is 6.07 Å². The molecule has 152 valence electrons. The first-order chi connectivity index (χ1) is 14.1. The average molecular weight is 414 g/mol. The molecule has 1 aromatic carbocycles. The second-order valence-electron chi connectivity index (χ2n) is 7.65. The zero-order valence-corrected chi connectivity index (χ0v) is 17.2. The van der Waals surface area contributed by atoms with Gasteiger partial charge in [0.25, 0.3) is 5.89 Å². The highest BCUT2D eigenvalue weighted by molar-refractivity contribution is 7.15. The molecule has 0 spiro atoms. The van der Waals surface area contributed by atoms with Crippen LogP contribution in [0.5, 0.6) is 0 Å². The van der Waals surface area contributed by atoms with Gasteiger partial charge in [-0.15, -0.1) is 21.5 Å². The fraction of sp³-hybridized carbons (Fsp3) is 0.409. The number of benzene rings is 1. The van der Waals surface area contributed by atoms with Gasteiger partial charge in [0.05, 0.1) is 11.3 Å². The lowest BCUT2D eigenvalue weighted by atomic mass is 9.82. The van der Waals surface area contributed by atoms with Crippen molar-refractivity contribution < 1.29 is 13.6 Å². The van der Waals surface area contributed by atoms with E-state index >= 15 is 0 Å². The van der Waals surface area contributed by atoms with Crippen molar-refractivity contribution in [2.75, 3.05) is 6.54 Å². The number of aryl methyl sites for hydroxylation is 1. The largest absolute Gasteiger partial charge is 0.420 e. The Bertz CT molecular complexity index is 976. The molecule has 4 rings (SSSR count). The number of nitrogens with zero attached hydrogens (tertiary/aromatic N) is 2. The van der Waals surface area contributed by atoms with Crippen LogP contribution >= 0.6 is 11.3 Å². The van der Waals surface area contributed by atoms with Crippen molar-refractivity contribution >= 4 is 17.2 Å². The maximum absolute atomic E-state index is 13.7. The molecule has 1 aliphatic carbocycles. The van der Waals surface area contributed by atoms with E-state index in [-0.39, 0.29) is 24.1 Å². The van der Waals surface area contributed by atoms with E-state index in [2.05, 4.69) is 28.5 Å². The van der Waals surface area contributed by atoms with Crippen molar-refractivity contribution in [3.05, 3.63) is 58.5 Å². The van der Waals surface area contributed by atoms with E-state index < -0.39 is 0 Å². The molecule has 1 N–H and O–H groups in total. The van der Waals surface area contributed by atoms with E-state index in [1.54, 1.807) is 29.5 Å². The smallest absolute Gasteiger partial charge is 0.257 e. The van der Waals surface area contributed by atoms with Gasteiger partial charge in [-0.25, -0.2) is 4.39 Å². The Kier molecular flexibility index (Phi) is 6.04. The molecule has 0 unspecified atom stereocenters. The Balaban J connectivity index is 1.24. The maximum atomic E-state index is 13.7. The average Bonchev–Trinajstić information content (AvgIpc) is 3.38. The van der Waals surface area contributed by atoms with Gasteiger partial charge < -0.3 is 9.73 Å². The maximum Gasteiger partial charge on any atom is 0.257 e. The highest BCUT2D eigenvalue weighted by Gasteiger charge is 2.27. The molecular formula is C22H24FN3O2S. The molecule has 0 saturated heterocycles. The molecule has 0 radical (unpaired) electrons. The Labute approximate surface area is 173 Å². The van der Waals surface area contributed by atoms with E-state index in [0.29, 0.717) is 29.8 Å². The minimum atomic E-state index is -0.334. The van der Waals surface area contributed by atoms with Gasteiger partial charge >= 0.3 is 0 Å². The lowest BCUT2D eigenvalue weighted by molar-refractivity contribution is -0.120. The van der Waals surface area contributed by atoms with E-state index in [9.17, 15) is 9.18 Å². The van der Waals surface area contributed by atoms with Crippen molar-refractivity contribution in [2.45, 2.75) is 44.9 Å². The summed E-state index contributed by atoms with van der Waals surface area (Å²) in [6, 6.07) is 10.5. The standard InChI is InChI=1S/C22H24FN3O2S/c1-14-6-11-19(29-14)22-26-25-21(28-22)16-9-7-15(8-10-16)13-24-20(27)12-17-4-2-3-5-18(17)23/h2-6,11,15-16H,7-10,12-13H2,1H3,(H,24,27). The predicted octanol–water partition coefficient (Wildman–Crippen LogP) is 4.88. The molecule has 2 aromatic heterocycles. The number of carbonyl (C=O) groups excluding carboxylic acids is 1. The zero-order chi connectivity index (χ0) is 20.2. The van der Waals surface area contributed by atoms with Crippen LogP contribution in [-0.4, -0.2) is 22.6 Å². The van der Waals surface area contributed by atoms with Crippen LogP contribution in [0.4, 0.5) is 4.39 Å². The van der Waals surface area contributed by atoms with E-state index in [0.717, 1.165) is 30.6 Å². The second kappa shape index (κ2) is 8.86. The van der Waals surface area contributed by atoms with Gasteiger partial charge in [0.1, 0.15) is 5.82 Å². The molecule has 5 nitrogen and oxygen atoms in total. The molecule has 29 heavy (non-hydrogen) atoms. The minimum absolute atomic E-state index is 0.0783. The molecule has 0 atom stereocenters. The number of rotatable bonds is 6. The van der Waals surface area contributed by atoms with Crippen LogP contribution in [0.15, 0.2) is 40.8 Å². The molecule has 2 heterocycles. The van der Waals surface area contributed by atoms with Gasteiger partial charge in [-0.3, -0.25) is 4.79 Å². The number of halogens is 1. The van der Waals surface area contributed by atoms with Gasteiger partial charge in [-0.2, -0.15) is 0 Å². The molecule has 3 aromatic rings. The number of hydrogen-bond donors (Lipinski definition) is 1. The van der Waals surface area contributed by atoms with Gasteiger partial charge in [0.2, 0.25) is 11.8 Å². The van der Waals surface area contributed by atoms with Gasteiger partial charge in [0.15, 0.2) is 0 Å². The third kappa shape index (κ3) is 4.90. The number of carbonyl (C=O) groups is 1. The number of thiophene rings is 1. The highest BCUT2D eigenvalue weighted by atomic mass is 32.1. The summed E-state index contributed by atoms with van der Waals surface area (Å²) in [5.74, 6) is 1.55. The van der Waals surface area contributed by atoms with Crippen molar-refractivity contribution in [3.63, 3.8) is 0 Å². The molecule has 1 amide bonds. The molecule has 0 aliphatic heterocycles. The Morgan fingerprint density at radius 2 is 1.97 bits per heavy atom. The minimum Gasteiger partial charge on any atom is -0.420 e. The van der Waals surface area contributed by atoms with Crippen LogP contribution in [-0.2, 0) is 11.2 Å². The van der Waals surface area contributed by atoms with Crippen molar-refractivity contribution in [1.82, 2.24) is 15.5 Å². The molecular weight excluding hydrogens is 389 g/mol. The lowest BCUT2D eigenvalue weighted by Gasteiger charge is -2.26. The first kappa shape index (κ1) is 19.8. The first-order valence-electron chi connectivity index (χ1n) is 9.99. The van der Waals surface area contributed by atoms with E-state index in [1.165, 1.54) is 10.9 Å². The van der Waals surface area contributed by atoms with Crippen LogP contribution < -0.4 is 5.32 Å².